The molecule has 0 radical (unpaired) electrons. The fraction of sp³-hybridized carbons (Fsp3) is 0.500. The maximum atomic E-state index is 12.8. The minimum absolute atomic E-state index is 0.0152. The van der Waals surface area contributed by atoms with E-state index in [9.17, 15) is 14.4 Å². The maximum absolute atomic E-state index is 12.8. The predicted molar refractivity (Wildman–Crippen MR) is 90.5 cm³/mol. The highest BCUT2D eigenvalue weighted by molar-refractivity contribution is 6.00. The van der Waals surface area contributed by atoms with Gasteiger partial charge in [-0.05, 0) is 43.9 Å². The molecule has 3 amide bonds. The Balaban J connectivity index is 1.74. The number of hydrogen-bond acceptors (Lipinski definition) is 3. The van der Waals surface area contributed by atoms with Crippen molar-refractivity contribution in [1.29, 1.82) is 0 Å². The van der Waals surface area contributed by atoms with Crippen LogP contribution in [0.2, 0.25) is 0 Å². The Morgan fingerprint density at radius 2 is 1.92 bits per heavy atom. The summed E-state index contributed by atoms with van der Waals surface area (Å²) in [5.41, 5.74) is 1.13. The van der Waals surface area contributed by atoms with Crippen molar-refractivity contribution >= 4 is 23.4 Å². The van der Waals surface area contributed by atoms with Crippen LogP contribution in [0.3, 0.4) is 0 Å². The van der Waals surface area contributed by atoms with E-state index in [0.717, 1.165) is 19.3 Å². The Morgan fingerprint density at radius 1 is 1.17 bits per heavy atom. The molecule has 0 aromatic heterocycles. The van der Waals surface area contributed by atoms with Gasteiger partial charge in [0.2, 0.25) is 11.8 Å². The van der Waals surface area contributed by atoms with E-state index < -0.39 is 6.04 Å². The highest BCUT2D eigenvalue weighted by Gasteiger charge is 2.35. The Labute approximate surface area is 141 Å². The molecular weight excluding hydrogens is 306 g/mol. The van der Waals surface area contributed by atoms with Crippen molar-refractivity contribution in [2.24, 2.45) is 5.92 Å². The van der Waals surface area contributed by atoms with Crippen LogP contribution in [0, 0.1) is 5.92 Å². The molecule has 1 aromatic carbocycles. The van der Waals surface area contributed by atoms with Gasteiger partial charge in [-0.15, -0.1) is 0 Å². The van der Waals surface area contributed by atoms with Gasteiger partial charge in [0.1, 0.15) is 6.04 Å². The average Bonchev–Trinajstić information content (AvgIpc) is 3.31. The largest absolute Gasteiger partial charge is 0.347 e. The number of nitrogens with one attached hydrogen (secondary N) is 1. The topological polar surface area (TPSA) is 69.7 Å². The number of nitrogens with zero attached hydrogens (tertiary/aromatic N) is 2. The number of benzene rings is 1. The minimum atomic E-state index is -0.391. The summed E-state index contributed by atoms with van der Waals surface area (Å²) in [5.74, 6) is -0.0688. The first-order valence-corrected chi connectivity index (χ1v) is 8.40. The summed E-state index contributed by atoms with van der Waals surface area (Å²) in [6.07, 6.45) is 3.40. The van der Waals surface area contributed by atoms with Crippen LogP contribution < -0.4 is 5.32 Å². The first-order chi connectivity index (χ1) is 11.5. The van der Waals surface area contributed by atoms with E-state index in [1.807, 2.05) is 0 Å². The Kier molecular flexibility index (Phi) is 4.55. The third-order valence-corrected chi connectivity index (χ3v) is 4.56. The van der Waals surface area contributed by atoms with Gasteiger partial charge in [-0.1, -0.05) is 6.07 Å². The number of carbonyl (C=O) groups excluding carboxylic acids is 3. The molecule has 2 fully saturated rings. The molecule has 3 rings (SSSR count). The molecule has 6 nitrogen and oxygen atoms in total. The molecule has 1 saturated heterocycles. The summed E-state index contributed by atoms with van der Waals surface area (Å²) in [4.78, 5) is 40.1. The van der Waals surface area contributed by atoms with E-state index in [2.05, 4.69) is 5.32 Å². The number of carbonyl (C=O) groups is 3. The molecule has 1 atom stereocenters. The molecule has 1 aliphatic carbocycles. The van der Waals surface area contributed by atoms with Crippen molar-refractivity contribution in [2.45, 2.75) is 31.7 Å². The van der Waals surface area contributed by atoms with Crippen LogP contribution in [0.5, 0.6) is 0 Å². The Hall–Kier alpha value is -2.37. The third-order valence-electron chi connectivity index (χ3n) is 4.56. The number of likely N-dealkylation sites (N-methyl/N-ethyl adjacent to an activating group) is 1. The summed E-state index contributed by atoms with van der Waals surface area (Å²) in [6, 6.07) is 6.57. The van der Waals surface area contributed by atoms with Crippen molar-refractivity contribution in [3.8, 4) is 0 Å². The van der Waals surface area contributed by atoms with E-state index in [4.69, 9.17) is 0 Å². The van der Waals surface area contributed by atoms with E-state index >= 15 is 0 Å². The van der Waals surface area contributed by atoms with Gasteiger partial charge in [-0.25, -0.2) is 0 Å². The lowest BCUT2D eigenvalue weighted by atomic mass is 10.1. The van der Waals surface area contributed by atoms with Crippen LogP contribution in [0.15, 0.2) is 24.3 Å². The second-order valence-electron chi connectivity index (χ2n) is 6.73. The van der Waals surface area contributed by atoms with Crippen LogP contribution in [0.25, 0.3) is 0 Å². The number of likely N-dealkylation sites (tertiary alicyclic amines) is 1. The summed E-state index contributed by atoms with van der Waals surface area (Å²) >= 11 is 0. The van der Waals surface area contributed by atoms with E-state index in [-0.39, 0.29) is 23.6 Å². The molecular formula is C18H23N3O3. The summed E-state index contributed by atoms with van der Waals surface area (Å²) in [7, 11) is 3.41. The van der Waals surface area contributed by atoms with Gasteiger partial charge in [0, 0.05) is 37.8 Å². The fourth-order valence-electron chi connectivity index (χ4n) is 3.05. The zero-order valence-corrected chi connectivity index (χ0v) is 14.1. The number of rotatable bonds is 4. The summed E-state index contributed by atoms with van der Waals surface area (Å²) < 4.78 is 0. The van der Waals surface area contributed by atoms with Crippen LogP contribution in [0.1, 0.15) is 36.0 Å². The smallest absolute Gasteiger partial charge is 0.254 e. The molecule has 1 aromatic rings. The molecule has 2 aliphatic rings. The van der Waals surface area contributed by atoms with Crippen LogP contribution in [0.4, 0.5) is 5.69 Å². The zero-order chi connectivity index (χ0) is 17.3. The van der Waals surface area contributed by atoms with Crippen LogP contribution in [-0.2, 0) is 9.59 Å². The summed E-state index contributed by atoms with van der Waals surface area (Å²) in [5, 5.41) is 2.86. The van der Waals surface area contributed by atoms with Crippen LogP contribution in [-0.4, -0.2) is 54.2 Å². The Morgan fingerprint density at radius 3 is 2.58 bits per heavy atom. The van der Waals surface area contributed by atoms with Gasteiger partial charge in [-0.2, -0.15) is 0 Å². The first kappa shape index (κ1) is 16.5. The average molecular weight is 329 g/mol. The second-order valence-corrected chi connectivity index (χ2v) is 6.73. The molecule has 1 aliphatic heterocycles. The molecule has 6 heteroatoms. The monoisotopic (exact) mass is 329 g/mol. The number of anilines is 1. The lowest BCUT2D eigenvalue weighted by molar-refractivity contribution is -0.132. The minimum Gasteiger partial charge on any atom is -0.347 e. The SMILES string of the molecule is CN(C)C(=O)C1CCCN1C(=O)c1cccc(NC(=O)C2CC2)c1. The number of amides is 3. The van der Waals surface area contributed by atoms with Gasteiger partial charge >= 0.3 is 0 Å². The molecule has 24 heavy (non-hydrogen) atoms. The Bertz CT molecular complexity index is 667. The number of hydrogen-bond donors (Lipinski definition) is 1. The molecule has 0 spiro atoms. The first-order valence-electron chi connectivity index (χ1n) is 8.40. The highest BCUT2D eigenvalue weighted by Crippen LogP contribution is 2.30. The fourth-order valence-corrected chi connectivity index (χ4v) is 3.05. The van der Waals surface area contributed by atoms with E-state index in [1.54, 1.807) is 43.3 Å². The molecule has 1 unspecified atom stereocenters. The third kappa shape index (κ3) is 3.42. The molecule has 128 valence electrons. The molecule has 1 heterocycles. The molecule has 1 saturated carbocycles. The van der Waals surface area contributed by atoms with Crippen molar-refractivity contribution < 1.29 is 14.4 Å². The lowest BCUT2D eigenvalue weighted by Gasteiger charge is -2.26. The second kappa shape index (κ2) is 6.63. The van der Waals surface area contributed by atoms with Gasteiger partial charge in [0.05, 0.1) is 0 Å². The molecule has 1 N–H and O–H groups in total. The maximum Gasteiger partial charge on any atom is 0.254 e. The quantitative estimate of drug-likeness (QED) is 0.914. The van der Waals surface area contributed by atoms with Crippen molar-refractivity contribution in [3.63, 3.8) is 0 Å². The van der Waals surface area contributed by atoms with Crippen molar-refractivity contribution in [1.82, 2.24) is 9.80 Å². The standard InChI is InChI=1S/C18H23N3O3/c1-20(2)18(24)15-7-4-10-21(15)17(23)13-5-3-6-14(11-13)19-16(22)12-8-9-12/h3,5-6,11-12,15H,4,7-10H2,1-2H3,(H,19,22). The van der Waals surface area contributed by atoms with E-state index in [0.29, 0.717) is 24.2 Å². The summed E-state index contributed by atoms with van der Waals surface area (Å²) in [6.45, 7) is 0.585. The highest BCUT2D eigenvalue weighted by atomic mass is 16.2. The molecule has 0 bridgehead atoms. The zero-order valence-electron chi connectivity index (χ0n) is 14.1. The van der Waals surface area contributed by atoms with Crippen molar-refractivity contribution in [3.05, 3.63) is 29.8 Å². The van der Waals surface area contributed by atoms with Crippen LogP contribution >= 0.6 is 0 Å². The van der Waals surface area contributed by atoms with Gasteiger partial charge in [0.15, 0.2) is 0 Å². The van der Waals surface area contributed by atoms with Gasteiger partial charge in [-0.3, -0.25) is 14.4 Å². The van der Waals surface area contributed by atoms with E-state index in [1.165, 1.54) is 4.90 Å². The van der Waals surface area contributed by atoms with Crippen molar-refractivity contribution in [2.75, 3.05) is 26.0 Å². The van der Waals surface area contributed by atoms with Gasteiger partial charge < -0.3 is 15.1 Å². The predicted octanol–water partition coefficient (Wildman–Crippen LogP) is 1.73. The van der Waals surface area contributed by atoms with Gasteiger partial charge in [0.25, 0.3) is 5.91 Å². The normalized spacial score (nSPS) is 19.9. The lowest BCUT2D eigenvalue weighted by Crippen LogP contribution is -2.45.